The Balaban J connectivity index is 2.14. The number of aromatic nitrogens is 3. The maximum atomic E-state index is 11.9. The van der Waals surface area contributed by atoms with Crippen molar-refractivity contribution in [2.75, 3.05) is 5.32 Å². The van der Waals surface area contributed by atoms with Crippen molar-refractivity contribution in [3.63, 3.8) is 0 Å². The third kappa shape index (κ3) is 3.24. The van der Waals surface area contributed by atoms with Gasteiger partial charge in [0.25, 0.3) is 5.91 Å². The summed E-state index contributed by atoms with van der Waals surface area (Å²) in [5.41, 5.74) is 0.431. The van der Waals surface area contributed by atoms with Crippen LogP contribution in [0.2, 0.25) is 10.0 Å². The molecule has 0 spiro atoms. The Morgan fingerprint density at radius 2 is 2.21 bits per heavy atom. The third-order valence-corrected chi connectivity index (χ3v) is 3.24. The molecule has 0 radical (unpaired) electrons. The van der Waals surface area contributed by atoms with Crippen molar-refractivity contribution in [1.82, 2.24) is 15.2 Å². The molecule has 1 aromatic carbocycles. The summed E-state index contributed by atoms with van der Waals surface area (Å²) >= 11 is 11.9. The average Bonchev–Trinajstić information content (AvgIpc) is 2.84. The molecule has 1 amide bonds. The van der Waals surface area contributed by atoms with Crippen LogP contribution in [0, 0.1) is 0 Å². The number of rotatable bonds is 4. The zero-order chi connectivity index (χ0) is 13.8. The Morgan fingerprint density at radius 3 is 2.95 bits per heavy atom. The number of aryl methyl sites for hydroxylation is 1. The van der Waals surface area contributed by atoms with Crippen LogP contribution in [0.3, 0.4) is 0 Å². The van der Waals surface area contributed by atoms with Crippen molar-refractivity contribution in [1.29, 1.82) is 0 Å². The molecule has 0 saturated heterocycles. The van der Waals surface area contributed by atoms with Crippen LogP contribution in [0.4, 0.5) is 5.69 Å². The molecule has 0 fully saturated rings. The minimum Gasteiger partial charge on any atom is -0.318 e. The van der Waals surface area contributed by atoms with Gasteiger partial charge in [-0.3, -0.25) is 9.89 Å². The lowest BCUT2D eigenvalue weighted by molar-refractivity contribution is 0.101. The van der Waals surface area contributed by atoms with Crippen LogP contribution < -0.4 is 5.32 Å². The van der Waals surface area contributed by atoms with Gasteiger partial charge in [0.15, 0.2) is 0 Å². The number of anilines is 1. The molecule has 0 aliphatic heterocycles. The molecule has 100 valence electrons. The van der Waals surface area contributed by atoms with Crippen molar-refractivity contribution in [2.24, 2.45) is 0 Å². The van der Waals surface area contributed by atoms with E-state index >= 15 is 0 Å². The largest absolute Gasteiger partial charge is 0.318 e. The number of carbonyl (C=O) groups excluding carboxylic acids is 1. The van der Waals surface area contributed by atoms with Gasteiger partial charge in [0.05, 0.1) is 15.7 Å². The number of nitrogens with one attached hydrogen (secondary N) is 2. The molecule has 0 aliphatic carbocycles. The fraction of sp³-hybridized carbons (Fsp3) is 0.250. The van der Waals surface area contributed by atoms with Gasteiger partial charge in [0, 0.05) is 6.42 Å². The molecular weight excluding hydrogens is 287 g/mol. The second kappa shape index (κ2) is 6.04. The summed E-state index contributed by atoms with van der Waals surface area (Å²) in [5.74, 6) is 0.340. The van der Waals surface area contributed by atoms with E-state index in [1.54, 1.807) is 18.2 Å². The number of halogens is 2. The van der Waals surface area contributed by atoms with E-state index in [9.17, 15) is 4.79 Å². The van der Waals surface area contributed by atoms with Crippen molar-refractivity contribution in [3.8, 4) is 0 Å². The maximum absolute atomic E-state index is 11.9. The highest BCUT2D eigenvalue weighted by Crippen LogP contribution is 2.29. The van der Waals surface area contributed by atoms with E-state index in [2.05, 4.69) is 20.5 Å². The molecule has 0 saturated carbocycles. The van der Waals surface area contributed by atoms with E-state index in [1.165, 1.54) is 0 Å². The maximum Gasteiger partial charge on any atom is 0.295 e. The Bertz CT molecular complexity index is 597. The molecule has 1 aromatic heterocycles. The molecule has 0 atom stereocenters. The zero-order valence-electron chi connectivity index (χ0n) is 10.2. The first-order chi connectivity index (χ1) is 9.11. The van der Waals surface area contributed by atoms with Crippen molar-refractivity contribution in [3.05, 3.63) is 39.9 Å². The Labute approximate surface area is 120 Å². The van der Waals surface area contributed by atoms with Gasteiger partial charge >= 0.3 is 0 Å². The van der Waals surface area contributed by atoms with Gasteiger partial charge in [-0.05, 0) is 18.6 Å². The lowest BCUT2D eigenvalue weighted by Gasteiger charge is -2.05. The molecular formula is C12H12Cl2N4O. The summed E-state index contributed by atoms with van der Waals surface area (Å²) in [6.07, 6.45) is 1.68. The second-order valence-corrected chi connectivity index (χ2v) is 4.70. The highest BCUT2D eigenvalue weighted by molar-refractivity contribution is 6.44. The average molecular weight is 299 g/mol. The number of aromatic amines is 1. The molecule has 0 unspecified atom stereocenters. The molecule has 2 aromatic rings. The fourth-order valence-electron chi connectivity index (χ4n) is 1.52. The predicted octanol–water partition coefficient (Wildman–Crippen LogP) is 3.32. The van der Waals surface area contributed by atoms with Crippen LogP contribution in [0.1, 0.15) is 29.8 Å². The van der Waals surface area contributed by atoms with Gasteiger partial charge < -0.3 is 5.32 Å². The number of amides is 1. The summed E-state index contributed by atoms with van der Waals surface area (Å²) < 4.78 is 0. The molecule has 5 nitrogen and oxygen atoms in total. The van der Waals surface area contributed by atoms with Gasteiger partial charge in [-0.15, -0.1) is 5.10 Å². The van der Waals surface area contributed by atoms with Crippen molar-refractivity contribution >= 4 is 34.8 Å². The summed E-state index contributed by atoms with van der Waals surface area (Å²) in [5, 5.41) is 9.87. The molecule has 19 heavy (non-hydrogen) atoms. The molecule has 7 heteroatoms. The zero-order valence-corrected chi connectivity index (χ0v) is 11.7. The Hall–Kier alpha value is -1.59. The molecule has 2 rings (SSSR count). The molecule has 0 aliphatic rings. The quantitative estimate of drug-likeness (QED) is 0.909. The predicted molar refractivity (Wildman–Crippen MR) is 74.8 cm³/mol. The van der Waals surface area contributed by atoms with Gasteiger partial charge in [-0.2, -0.15) is 0 Å². The summed E-state index contributed by atoms with van der Waals surface area (Å²) in [7, 11) is 0. The summed E-state index contributed by atoms with van der Waals surface area (Å²) in [6, 6.07) is 5.00. The first-order valence-electron chi connectivity index (χ1n) is 5.78. The second-order valence-electron chi connectivity index (χ2n) is 3.91. The normalized spacial score (nSPS) is 10.5. The Kier molecular flexibility index (Phi) is 4.39. The number of nitrogens with zero attached hydrogens (tertiary/aromatic N) is 2. The van der Waals surface area contributed by atoms with Gasteiger partial charge in [0.2, 0.25) is 5.82 Å². The number of carbonyl (C=O) groups is 1. The van der Waals surface area contributed by atoms with E-state index in [-0.39, 0.29) is 5.82 Å². The van der Waals surface area contributed by atoms with Crippen LogP contribution in [-0.2, 0) is 6.42 Å². The topological polar surface area (TPSA) is 70.7 Å². The third-order valence-electron chi connectivity index (χ3n) is 2.42. The summed E-state index contributed by atoms with van der Waals surface area (Å²) in [6.45, 7) is 2.02. The molecule has 1 heterocycles. The van der Waals surface area contributed by atoms with Crippen LogP contribution in [0.25, 0.3) is 0 Å². The minimum absolute atomic E-state index is 0.0829. The number of H-pyrrole nitrogens is 1. The number of hydrogen-bond acceptors (Lipinski definition) is 3. The van der Waals surface area contributed by atoms with Gasteiger partial charge in [0.1, 0.15) is 5.82 Å². The lowest BCUT2D eigenvalue weighted by Crippen LogP contribution is -2.14. The molecule has 2 N–H and O–H groups in total. The van der Waals surface area contributed by atoms with E-state index in [1.807, 2.05) is 6.92 Å². The monoisotopic (exact) mass is 298 g/mol. The highest BCUT2D eigenvalue weighted by Gasteiger charge is 2.14. The van der Waals surface area contributed by atoms with Crippen LogP contribution >= 0.6 is 23.2 Å². The SMILES string of the molecule is CCCc1nc(C(=O)Nc2cccc(Cl)c2Cl)n[nH]1. The smallest absolute Gasteiger partial charge is 0.295 e. The first kappa shape index (κ1) is 13.8. The van der Waals surface area contributed by atoms with Crippen LogP contribution in [-0.4, -0.2) is 21.1 Å². The van der Waals surface area contributed by atoms with E-state index in [0.717, 1.165) is 12.8 Å². The van der Waals surface area contributed by atoms with Crippen LogP contribution in [0.5, 0.6) is 0 Å². The van der Waals surface area contributed by atoms with Crippen LogP contribution in [0.15, 0.2) is 18.2 Å². The Morgan fingerprint density at radius 1 is 1.42 bits per heavy atom. The number of benzene rings is 1. The van der Waals surface area contributed by atoms with E-state index in [0.29, 0.717) is 21.6 Å². The number of hydrogen-bond donors (Lipinski definition) is 2. The molecule has 0 bridgehead atoms. The van der Waals surface area contributed by atoms with E-state index < -0.39 is 5.91 Å². The minimum atomic E-state index is -0.428. The lowest BCUT2D eigenvalue weighted by atomic mass is 10.3. The standard InChI is InChI=1S/C12H12Cl2N4O/c1-2-4-9-16-11(18-17-9)12(19)15-8-6-3-5-7(13)10(8)14/h3,5-6H,2,4H2,1H3,(H,15,19)(H,16,17,18). The van der Waals surface area contributed by atoms with E-state index in [4.69, 9.17) is 23.2 Å². The fourth-order valence-corrected chi connectivity index (χ4v) is 1.87. The first-order valence-corrected chi connectivity index (χ1v) is 6.54. The van der Waals surface area contributed by atoms with Crippen molar-refractivity contribution in [2.45, 2.75) is 19.8 Å². The highest BCUT2D eigenvalue weighted by atomic mass is 35.5. The summed E-state index contributed by atoms with van der Waals surface area (Å²) in [4.78, 5) is 16.0. The van der Waals surface area contributed by atoms with Gasteiger partial charge in [-0.25, -0.2) is 4.98 Å². The van der Waals surface area contributed by atoms with Gasteiger partial charge in [-0.1, -0.05) is 36.2 Å². The van der Waals surface area contributed by atoms with Crippen molar-refractivity contribution < 1.29 is 4.79 Å².